The summed E-state index contributed by atoms with van der Waals surface area (Å²) in [5, 5.41) is 10.5. The molecule has 1 rings (SSSR count). The van der Waals surface area contributed by atoms with Crippen LogP contribution in [0, 0.1) is 29.1 Å². The zero-order valence-corrected chi connectivity index (χ0v) is 6.76. The van der Waals surface area contributed by atoms with E-state index in [1.165, 1.54) is 6.42 Å². The van der Waals surface area contributed by atoms with Crippen LogP contribution in [-0.2, 0) is 4.79 Å². The molecule has 12 heavy (non-hydrogen) atoms. The predicted octanol–water partition coefficient (Wildman–Crippen LogP) is 0.430. The molecule has 0 aromatic carbocycles. The van der Waals surface area contributed by atoms with Crippen LogP contribution in [0.1, 0.15) is 19.3 Å². The first kappa shape index (κ1) is 8.62. The number of nitrogens with zero attached hydrogens (tertiary/aromatic N) is 1. The largest absolute Gasteiger partial charge is 0.332 e. The number of hydrogen-bond donors (Lipinski definition) is 1. The molecular weight excluding hydrogens is 152 g/mol. The van der Waals surface area contributed by atoms with Crippen LogP contribution in [0.3, 0.4) is 0 Å². The lowest BCUT2D eigenvalue weighted by molar-refractivity contribution is -0.115. The zero-order chi connectivity index (χ0) is 8.81. The fourth-order valence-electron chi connectivity index (χ4n) is 0.884. The summed E-state index contributed by atoms with van der Waals surface area (Å²) in [6.45, 7) is 0.0399. The SMILES string of the molecule is N#CCNC(=O)C#CC1CCC1. The lowest BCUT2D eigenvalue weighted by atomic mass is 9.86. The maximum absolute atomic E-state index is 10.8. The fourth-order valence-corrected chi connectivity index (χ4v) is 0.884. The van der Waals surface area contributed by atoms with Crippen molar-refractivity contribution in [2.75, 3.05) is 6.54 Å². The summed E-state index contributed by atoms with van der Waals surface area (Å²) in [7, 11) is 0. The standard InChI is InChI=1S/C9H10N2O/c10-6-7-11-9(12)5-4-8-2-1-3-8/h8H,1-3,7H2,(H,11,12). The van der Waals surface area contributed by atoms with Crippen LogP contribution in [0.25, 0.3) is 0 Å². The number of rotatable bonds is 1. The molecule has 0 spiro atoms. The van der Waals surface area contributed by atoms with Gasteiger partial charge in [-0.1, -0.05) is 12.3 Å². The Morgan fingerprint density at radius 2 is 2.33 bits per heavy atom. The third-order valence-electron chi connectivity index (χ3n) is 1.82. The first-order valence-corrected chi connectivity index (χ1v) is 3.99. The molecule has 0 aromatic rings. The highest BCUT2D eigenvalue weighted by Crippen LogP contribution is 2.24. The summed E-state index contributed by atoms with van der Waals surface area (Å²) in [5.74, 6) is 5.40. The molecule has 1 amide bonds. The molecule has 3 heteroatoms. The first-order valence-electron chi connectivity index (χ1n) is 3.99. The number of carbonyl (C=O) groups excluding carboxylic acids is 1. The van der Waals surface area contributed by atoms with Gasteiger partial charge in [-0.3, -0.25) is 4.79 Å². The maximum Gasteiger partial charge on any atom is 0.296 e. The van der Waals surface area contributed by atoms with Crippen molar-refractivity contribution in [3.8, 4) is 17.9 Å². The minimum absolute atomic E-state index is 0.0399. The molecule has 3 nitrogen and oxygen atoms in total. The zero-order valence-electron chi connectivity index (χ0n) is 6.76. The summed E-state index contributed by atoms with van der Waals surface area (Å²) >= 11 is 0. The van der Waals surface area contributed by atoms with Crippen molar-refractivity contribution in [3.63, 3.8) is 0 Å². The summed E-state index contributed by atoms with van der Waals surface area (Å²) < 4.78 is 0. The van der Waals surface area contributed by atoms with Crippen LogP contribution >= 0.6 is 0 Å². The Hall–Kier alpha value is -1.48. The highest BCUT2D eigenvalue weighted by Gasteiger charge is 2.13. The summed E-state index contributed by atoms with van der Waals surface area (Å²) in [5.41, 5.74) is 0. The molecule has 0 aliphatic heterocycles. The molecule has 0 unspecified atom stereocenters. The second-order valence-electron chi connectivity index (χ2n) is 2.74. The Bertz CT molecular complexity index is 262. The van der Waals surface area contributed by atoms with E-state index in [4.69, 9.17) is 5.26 Å². The van der Waals surface area contributed by atoms with Gasteiger partial charge in [0.25, 0.3) is 5.91 Å². The van der Waals surface area contributed by atoms with Crippen molar-refractivity contribution in [2.24, 2.45) is 5.92 Å². The van der Waals surface area contributed by atoms with Gasteiger partial charge in [0, 0.05) is 5.92 Å². The van der Waals surface area contributed by atoms with E-state index < -0.39 is 0 Å². The van der Waals surface area contributed by atoms with Crippen LogP contribution < -0.4 is 5.32 Å². The molecule has 1 aliphatic carbocycles. The van der Waals surface area contributed by atoms with E-state index in [9.17, 15) is 4.79 Å². The highest BCUT2D eigenvalue weighted by atomic mass is 16.1. The third-order valence-corrected chi connectivity index (χ3v) is 1.82. The normalized spacial score (nSPS) is 14.9. The van der Waals surface area contributed by atoms with Crippen molar-refractivity contribution < 1.29 is 4.79 Å². The van der Waals surface area contributed by atoms with Gasteiger partial charge in [-0.15, -0.1) is 0 Å². The van der Waals surface area contributed by atoms with Crippen LogP contribution in [-0.4, -0.2) is 12.5 Å². The molecule has 0 bridgehead atoms. The average molecular weight is 162 g/mol. The molecule has 0 aromatic heterocycles. The van der Waals surface area contributed by atoms with Crippen LogP contribution in [0.4, 0.5) is 0 Å². The molecule has 0 atom stereocenters. The van der Waals surface area contributed by atoms with Crippen molar-refractivity contribution in [2.45, 2.75) is 19.3 Å². The predicted molar refractivity (Wildman–Crippen MR) is 43.7 cm³/mol. The second-order valence-corrected chi connectivity index (χ2v) is 2.74. The maximum atomic E-state index is 10.8. The Morgan fingerprint density at radius 1 is 1.58 bits per heavy atom. The lowest BCUT2D eigenvalue weighted by Gasteiger charge is -2.18. The molecule has 0 radical (unpaired) electrons. The van der Waals surface area contributed by atoms with Crippen LogP contribution in [0.5, 0.6) is 0 Å². The molecular formula is C9H10N2O. The van der Waals surface area contributed by atoms with Gasteiger partial charge in [0.05, 0.1) is 6.07 Å². The van der Waals surface area contributed by atoms with Crippen molar-refractivity contribution in [1.82, 2.24) is 5.32 Å². The number of amides is 1. The van der Waals surface area contributed by atoms with E-state index in [-0.39, 0.29) is 12.5 Å². The van der Waals surface area contributed by atoms with Gasteiger partial charge in [-0.05, 0) is 18.8 Å². The Labute approximate surface area is 71.8 Å². The van der Waals surface area contributed by atoms with Gasteiger partial charge in [-0.2, -0.15) is 5.26 Å². The van der Waals surface area contributed by atoms with Crippen molar-refractivity contribution in [1.29, 1.82) is 5.26 Å². The Balaban J connectivity index is 2.23. The topological polar surface area (TPSA) is 52.9 Å². The highest BCUT2D eigenvalue weighted by molar-refractivity contribution is 5.93. The average Bonchev–Trinajstić information content (AvgIpc) is 1.98. The number of hydrogen-bond acceptors (Lipinski definition) is 2. The van der Waals surface area contributed by atoms with Gasteiger partial charge < -0.3 is 5.32 Å². The first-order chi connectivity index (χ1) is 5.83. The fraction of sp³-hybridized carbons (Fsp3) is 0.556. The Morgan fingerprint density at radius 3 is 2.83 bits per heavy atom. The molecule has 1 saturated carbocycles. The van der Waals surface area contributed by atoms with E-state index in [0.717, 1.165) is 12.8 Å². The number of nitriles is 1. The van der Waals surface area contributed by atoms with Crippen molar-refractivity contribution in [3.05, 3.63) is 0 Å². The van der Waals surface area contributed by atoms with Gasteiger partial charge >= 0.3 is 0 Å². The van der Waals surface area contributed by atoms with Gasteiger partial charge in [0.15, 0.2) is 0 Å². The monoisotopic (exact) mass is 162 g/mol. The molecule has 62 valence electrons. The summed E-state index contributed by atoms with van der Waals surface area (Å²) in [6.07, 6.45) is 3.44. The minimum atomic E-state index is -0.344. The van der Waals surface area contributed by atoms with E-state index in [0.29, 0.717) is 5.92 Å². The van der Waals surface area contributed by atoms with Gasteiger partial charge in [-0.25, -0.2) is 0 Å². The Kier molecular flexibility index (Phi) is 3.17. The molecule has 1 aliphatic rings. The van der Waals surface area contributed by atoms with Gasteiger partial charge in [0.1, 0.15) is 6.54 Å². The molecule has 0 saturated heterocycles. The second kappa shape index (κ2) is 4.41. The third kappa shape index (κ3) is 2.64. The van der Waals surface area contributed by atoms with Crippen LogP contribution in [0.15, 0.2) is 0 Å². The van der Waals surface area contributed by atoms with Crippen molar-refractivity contribution >= 4 is 5.91 Å². The van der Waals surface area contributed by atoms with Crippen LogP contribution in [0.2, 0.25) is 0 Å². The summed E-state index contributed by atoms with van der Waals surface area (Å²) in [4.78, 5) is 10.8. The van der Waals surface area contributed by atoms with E-state index in [1.54, 1.807) is 0 Å². The van der Waals surface area contributed by atoms with E-state index in [1.807, 2.05) is 6.07 Å². The molecule has 1 fully saturated rings. The molecule has 1 N–H and O–H groups in total. The van der Waals surface area contributed by atoms with E-state index in [2.05, 4.69) is 17.2 Å². The number of carbonyl (C=O) groups is 1. The lowest BCUT2D eigenvalue weighted by Crippen LogP contribution is -2.22. The molecule has 0 heterocycles. The quantitative estimate of drug-likeness (QED) is 0.449. The number of nitrogens with one attached hydrogen (secondary N) is 1. The summed E-state index contributed by atoms with van der Waals surface area (Å²) in [6, 6.07) is 1.81. The van der Waals surface area contributed by atoms with E-state index >= 15 is 0 Å². The van der Waals surface area contributed by atoms with Gasteiger partial charge in [0.2, 0.25) is 0 Å². The minimum Gasteiger partial charge on any atom is -0.332 e. The smallest absolute Gasteiger partial charge is 0.296 e.